The number of amides is 4. The van der Waals surface area contributed by atoms with Crippen molar-refractivity contribution in [2.24, 2.45) is 0 Å². The van der Waals surface area contributed by atoms with E-state index < -0.39 is 183 Å². The van der Waals surface area contributed by atoms with Crippen LogP contribution in [0.15, 0.2) is 24.3 Å². The van der Waals surface area contributed by atoms with Crippen LogP contribution >= 0.6 is 0 Å². The number of ether oxygens (including phenoxy) is 8. The van der Waals surface area contributed by atoms with Crippen molar-refractivity contribution in [2.45, 2.75) is 208 Å². The predicted octanol–water partition coefficient (Wildman–Crippen LogP) is -4.49. The van der Waals surface area contributed by atoms with E-state index in [1.165, 1.54) is 44.2 Å². The summed E-state index contributed by atoms with van der Waals surface area (Å²) in [4.78, 5) is 51.1. The summed E-state index contributed by atoms with van der Waals surface area (Å²) in [5, 5.41) is 109. The molecule has 8 unspecified atom stereocenters. The Morgan fingerprint density at radius 2 is 1.00 bits per heavy atom. The summed E-state index contributed by atoms with van der Waals surface area (Å²) >= 11 is 0. The molecular formula is C48H77N4O25S-. The van der Waals surface area contributed by atoms with Crippen LogP contribution in [-0.4, -0.2) is 238 Å². The minimum atomic E-state index is -5.41. The third-order valence-electron chi connectivity index (χ3n) is 13.6. The number of unbranched alkanes of at least 4 members (excludes halogenated alkanes) is 8. The molecule has 13 N–H and O–H groups in total. The van der Waals surface area contributed by atoms with Gasteiger partial charge in [-0.3, -0.25) is 23.4 Å². The average Bonchev–Trinajstić information content (AvgIpc) is 3.47. The third-order valence-corrected chi connectivity index (χ3v) is 14.0. The lowest BCUT2D eigenvalue weighted by atomic mass is 9.93. The lowest BCUT2D eigenvalue weighted by Gasteiger charge is -2.51. The standard InChI is InChI=1S/C48H78N4O25S/c1-5-6-7-8-9-10-11-12-13-17-69-27-16-14-15-26(18-27)44(64)52-33-37(60)36(59)28(19-53)72-46(33)75-41-29(20-54)73-47(34(39(41)62)50-24(3)57)76-42-30(21-55)74-48(35(40(42)63)51-25(4)58)77-43-31(22-70-78(66,67)68)71-45(65)32(38(43)61)49-23(2)56/h14-16,18,28-43,45-48,53-55,59-63,65H,5-13,17,19-22H2,1-4H3,(H,49,56)(H,50,57)(H,51,58)(H,52,64)(H,66,67,68)/p-1/t28?,29-,30?,31-,32?,33?,34?,35?,36+,37+,38?,39?,40+,41+,42+,43+,45+,46-,47-,48-/m0/s1. The summed E-state index contributed by atoms with van der Waals surface area (Å²) in [6, 6.07) is -0.636. The molecule has 4 amide bonds. The molecule has 30 heteroatoms. The van der Waals surface area contributed by atoms with E-state index in [1.54, 1.807) is 12.1 Å². The van der Waals surface area contributed by atoms with Crippen LogP contribution in [0.5, 0.6) is 5.75 Å². The Morgan fingerprint density at radius 1 is 0.564 bits per heavy atom. The maximum absolute atomic E-state index is 13.8. The largest absolute Gasteiger partial charge is 0.726 e. The Balaban J connectivity index is 1.34. The molecule has 4 fully saturated rings. The minimum absolute atomic E-state index is 0.0706. The topological polar surface area (TPSA) is 439 Å². The van der Waals surface area contributed by atoms with Crippen molar-refractivity contribution >= 4 is 34.0 Å². The zero-order valence-corrected chi connectivity index (χ0v) is 44.5. The molecule has 0 aromatic heterocycles. The van der Waals surface area contributed by atoms with Gasteiger partial charge in [-0.15, -0.1) is 0 Å². The number of nitrogens with one attached hydrogen (secondary N) is 4. The van der Waals surface area contributed by atoms with Gasteiger partial charge in [-0.1, -0.05) is 64.4 Å². The summed E-state index contributed by atoms with van der Waals surface area (Å²) in [5.41, 5.74) is 0.0706. The van der Waals surface area contributed by atoms with Gasteiger partial charge < -0.3 is 110 Å². The number of aliphatic hydroxyl groups is 9. The molecular weight excluding hydrogens is 1060 g/mol. The minimum Gasteiger partial charge on any atom is -0.726 e. The van der Waals surface area contributed by atoms with Crippen LogP contribution in [0.25, 0.3) is 0 Å². The van der Waals surface area contributed by atoms with Crippen LogP contribution < -0.4 is 26.0 Å². The smallest absolute Gasteiger partial charge is 0.251 e. The normalized spacial score (nSPS) is 35.3. The van der Waals surface area contributed by atoms with Crippen LogP contribution in [0, 0.1) is 0 Å². The van der Waals surface area contributed by atoms with E-state index in [1.807, 2.05) is 0 Å². The van der Waals surface area contributed by atoms with Crippen molar-refractivity contribution in [1.82, 2.24) is 21.3 Å². The van der Waals surface area contributed by atoms with Crippen molar-refractivity contribution in [3.05, 3.63) is 29.8 Å². The quantitative estimate of drug-likeness (QED) is 0.0214. The molecule has 0 saturated carbocycles. The Kier molecular flexibility index (Phi) is 25.7. The Morgan fingerprint density at radius 3 is 1.47 bits per heavy atom. The number of benzene rings is 1. The van der Waals surface area contributed by atoms with Gasteiger partial charge in [0.2, 0.25) is 28.1 Å². The predicted molar refractivity (Wildman–Crippen MR) is 262 cm³/mol. The highest BCUT2D eigenvalue weighted by Gasteiger charge is 2.56. The number of rotatable bonds is 28. The van der Waals surface area contributed by atoms with E-state index in [4.69, 9.17) is 37.9 Å². The van der Waals surface area contributed by atoms with Crippen molar-refractivity contribution in [3.8, 4) is 5.75 Å². The van der Waals surface area contributed by atoms with Gasteiger partial charge in [-0.2, -0.15) is 0 Å². The van der Waals surface area contributed by atoms with Crippen molar-refractivity contribution in [3.63, 3.8) is 0 Å². The molecule has 4 saturated heterocycles. The first-order valence-corrected chi connectivity index (χ1v) is 27.3. The fourth-order valence-corrected chi connectivity index (χ4v) is 9.94. The highest BCUT2D eigenvalue weighted by atomic mass is 32.3. The third kappa shape index (κ3) is 18.1. The Bertz CT molecular complexity index is 2170. The van der Waals surface area contributed by atoms with E-state index in [-0.39, 0.29) is 5.56 Å². The number of hydrogen-bond acceptors (Lipinski definition) is 25. The van der Waals surface area contributed by atoms with Crippen LogP contribution in [0.4, 0.5) is 0 Å². The van der Waals surface area contributed by atoms with Crippen molar-refractivity contribution in [2.75, 3.05) is 33.0 Å². The first kappa shape index (κ1) is 64.9. The van der Waals surface area contributed by atoms with E-state index >= 15 is 0 Å². The van der Waals surface area contributed by atoms with Gasteiger partial charge in [0, 0.05) is 26.3 Å². The van der Waals surface area contributed by atoms with E-state index in [2.05, 4.69) is 32.4 Å². The molecule has 1 aromatic carbocycles. The Hall–Kier alpha value is -3.87. The average molecular weight is 1140 g/mol. The molecule has 4 heterocycles. The highest BCUT2D eigenvalue weighted by molar-refractivity contribution is 7.80. The van der Waals surface area contributed by atoms with Gasteiger partial charge in [0.25, 0.3) is 5.91 Å². The monoisotopic (exact) mass is 1140 g/mol. The molecule has 4 aliphatic rings. The molecule has 0 bridgehead atoms. The van der Waals surface area contributed by atoms with E-state index in [0.29, 0.717) is 12.4 Å². The number of carbonyl (C=O) groups excluding carboxylic acids is 4. The molecule has 29 nitrogen and oxygen atoms in total. The van der Waals surface area contributed by atoms with Crippen LogP contribution in [-0.2, 0) is 62.1 Å². The van der Waals surface area contributed by atoms with Gasteiger partial charge in [0.05, 0.1) is 33.0 Å². The first-order chi connectivity index (χ1) is 37.0. The van der Waals surface area contributed by atoms with Gasteiger partial charge in [0.1, 0.15) is 103 Å². The summed E-state index contributed by atoms with van der Waals surface area (Å²) in [6.45, 7) is 1.58. The van der Waals surface area contributed by atoms with Crippen LogP contribution in [0.3, 0.4) is 0 Å². The SMILES string of the molecule is CCCCCCCCCCCOc1cccc(C(=O)NC2[C@H](O[C@H]3C(O)C(NC(C)=O)[C@H](O[C@@H]4C(CO)O[C@@H](O[C@H]5C(O)C(NC(C)=O)[C@H](O)O[C@H]5COS(=O)(=O)[O-])C(NC(C)=O)[C@H]4O)O[C@H]3CO)OC(CO)[C@@H](O)[C@@H]2O)c1. The lowest BCUT2D eigenvalue weighted by molar-refractivity contribution is -0.361. The maximum atomic E-state index is 13.8. The molecule has 0 radical (unpaired) electrons. The van der Waals surface area contributed by atoms with Gasteiger partial charge in [-0.05, 0) is 24.6 Å². The highest BCUT2D eigenvalue weighted by Crippen LogP contribution is 2.35. The summed E-state index contributed by atoms with van der Waals surface area (Å²) in [7, 11) is -5.41. The fourth-order valence-electron chi connectivity index (χ4n) is 9.64. The van der Waals surface area contributed by atoms with E-state index in [9.17, 15) is 78.1 Å². The lowest BCUT2D eigenvalue weighted by Crippen LogP contribution is -2.71. The number of hydrogen-bond donors (Lipinski definition) is 13. The maximum Gasteiger partial charge on any atom is 0.251 e. The van der Waals surface area contributed by atoms with Gasteiger partial charge >= 0.3 is 0 Å². The second-order valence-corrected chi connectivity index (χ2v) is 20.6. The zero-order valence-electron chi connectivity index (χ0n) is 43.7. The molecule has 0 aliphatic carbocycles. The molecule has 1 aromatic rings. The number of carbonyl (C=O) groups is 4. The summed E-state index contributed by atoms with van der Waals surface area (Å²) < 4.78 is 85.7. The molecule has 5 rings (SSSR count). The number of aliphatic hydroxyl groups excluding tert-OH is 9. The molecule has 78 heavy (non-hydrogen) atoms. The molecule has 0 spiro atoms. The van der Waals surface area contributed by atoms with Crippen LogP contribution in [0.2, 0.25) is 0 Å². The van der Waals surface area contributed by atoms with Gasteiger partial charge in [-0.25, -0.2) is 8.42 Å². The fraction of sp³-hybridized carbons (Fsp3) is 0.792. The van der Waals surface area contributed by atoms with Crippen molar-refractivity contribution < 1.29 is 120 Å². The summed E-state index contributed by atoms with van der Waals surface area (Å²) in [6.07, 6.45) is -19.6. The van der Waals surface area contributed by atoms with Gasteiger partial charge in [0.15, 0.2) is 25.2 Å². The first-order valence-electron chi connectivity index (χ1n) is 26.0. The van der Waals surface area contributed by atoms with E-state index in [0.717, 1.165) is 46.5 Å². The summed E-state index contributed by atoms with van der Waals surface area (Å²) in [5.74, 6) is -2.84. The molecule has 446 valence electrons. The molecule has 20 atom stereocenters. The Labute approximate surface area is 451 Å². The zero-order chi connectivity index (χ0) is 57.4. The second-order valence-electron chi connectivity index (χ2n) is 19.6. The second kappa shape index (κ2) is 30.8. The van der Waals surface area contributed by atoms with Crippen molar-refractivity contribution in [1.29, 1.82) is 0 Å². The molecule has 4 aliphatic heterocycles. The van der Waals surface area contributed by atoms with Crippen LogP contribution in [0.1, 0.15) is 95.8 Å².